The molecule has 4 atom stereocenters. The fourth-order valence-corrected chi connectivity index (χ4v) is 6.55. The lowest BCUT2D eigenvalue weighted by molar-refractivity contribution is -0.141. The first-order chi connectivity index (χ1) is 42.0. The second-order valence-electron chi connectivity index (χ2n) is 17.2. The molecule has 0 unspecified atom stereocenters. The van der Waals surface area contributed by atoms with Crippen LogP contribution >= 0.6 is 50.5 Å². The van der Waals surface area contributed by atoms with Gasteiger partial charge in [-0.25, -0.2) is 4.79 Å². The van der Waals surface area contributed by atoms with E-state index in [1.165, 1.54) is 0 Å². The van der Waals surface area contributed by atoms with Gasteiger partial charge in [-0.05, 0) is 0 Å². The SMILES string of the molecule is NCC(=O)NCC(=O)NCC(=O)NCC(=O)N[C@@H](CS)C(=O)NCC(=O)NCC(=O)NCC(=O)NCC(=O)N[C@@H](CS)C(=O)NCC(=O)NCC(=O)NCC(=O)NCC(=O)N[C@@H](CS)C(=O)NCC(=O)NCC(=O)NCC(=O)NCC(=O)N[C@@H](CS)C(=O)O. The summed E-state index contributed by atoms with van der Waals surface area (Å²) >= 11 is 15.7. The Hall–Kier alpha value is -9.24. The minimum atomic E-state index is -1.34. The summed E-state index contributed by atoms with van der Waals surface area (Å²) in [5.41, 5.74) is 5.10. The molecule has 0 rings (SSSR count). The Kier molecular flexibility index (Phi) is 41.2. The van der Waals surface area contributed by atoms with Crippen LogP contribution in [0.5, 0.6) is 0 Å². The molecule has 19 amide bonds. The molecule has 0 saturated carbocycles. The topological polar surface area (TPSA) is 616 Å². The van der Waals surface area contributed by atoms with Crippen molar-refractivity contribution in [2.45, 2.75) is 24.2 Å². The number of carbonyl (C=O) groups excluding carboxylic acids is 19. The molecule has 0 bridgehead atoms. The second kappa shape index (κ2) is 46.0. The van der Waals surface area contributed by atoms with Crippen LogP contribution in [0.25, 0.3) is 0 Å². The molecule has 0 saturated heterocycles. The van der Waals surface area contributed by atoms with Gasteiger partial charge < -0.3 is 112 Å². The van der Waals surface area contributed by atoms with Gasteiger partial charge in [0.25, 0.3) is 0 Å². The molecule has 0 aromatic heterocycles. The van der Waals surface area contributed by atoms with E-state index in [-0.39, 0.29) is 29.6 Å². The average Bonchev–Trinajstić information content (AvgIpc) is 3.61. The first-order valence-electron chi connectivity index (χ1n) is 25.6. The van der Waals surface area contributed by atoms with E-state index in [1.807, 2.05) is 0 Å². The Bertz CT molecular complexity index is 2610. The molecule has 0 heterocycles. The number of carboxylic acids is 1. The van der Waals surface area contributed by atoms with Crippen LogP contribution in [0, 0.1) is 0 Å². The lowest BCUT2D eigenvalue weighted by Crippen LogP contribution is -2.53. The number of carboxylic acid groups (broad SMARTS) is 1. The van der Waals surface area contributed by atoms with Gasteiger partial charge in [-0.1, -0.05) is 0 Å². The third kappa shape index (κ3) is 40.0. The number of thiol groups is 4. The van der Waals surface area contributed by atoms with Crippen LogP contribution in [0.1, 0.15) is 0 Å². The number of hydrogen-bond donors (Lipinski definition) is 25. The highest BCUT2D eigenvalue weighted by Crippen LogP contribution is 1.93. The van der Waals surface area contributed by atoms with Crippen molar-refractivity contribution in [3.63, 3.8) is 0 Å². The molecule has 0 fully saturated rings. The van der Waals surface area contributed by atoms with Crippen LogP contribution in [-0.2, 0) is 95.9 Å². The fraction of sp³-hybridized carbons (Fsp3) is 0.545. The third-order valence-electron chi connectivity index (χ3n) is 10.1. The predicted octanol–water partition coefficient (Wildman–Crippen LogP) is -16.6. The van der Waals surface area contributed by atoms with E-state index in [2.05, 4.69) is 152 Å². The van der Waals surface area contributed by atoms with Crippen molar-refractivity contribution >= 4 is 169 Å². The molecule has 0 aromatic rings. The van der Waals surface area contributed by atoms with Crippen molar-refractivity contribution in [3.05, 3.63) is 0 Å². The van der Waals surface area contributed by atoms with Gasteiger partial charge in [-0.15, -0.1) is 0 Å². The molecule has 0 radical (unpaired) electrons. The van der Waals surface area contributed by atoms with Crippen molar-refractivity contribution in [1.82, 2.24) is 101 Å². The lowest BCUT2D eigenvalue weighted by Gasteiger charge is -2.17. The first kappa shape index (κ1) is 79.8. The number of rotatable bonds is 43. The van der Waals surface area contributed by atoms with Gasteiger partial charge in [0, 0.05) is 23.0 Å². The van der Waals surface area contributed by atoms with E-state index >= 15 is 0 Å². The van der Waals surface area contributed by atoms with Crippen molar-refractivity contribution in [2.24, 2.45) is 5.73 Å². The maximum Gasteiger partial charge on any atom is 0.327 e. The summed E-state index contributed by atoms with van der Waals surface area (Å²) in [4.78, 5) is 241. The molecule has 496 valence electrons. The maximum atomic E-state index is 12.6. The van der Waals surface area contributed by atoms with Gasteiger partial charge in [-0.2, -0.15) is 50.5 Å². The van der Waals surface area contributed by atoms with Gasteiger partial charge in [-0.3, -0.25) is 91.1 Å². The second-order valence-corrected chi connectivity index (χ2v) is 18.7. The molecule has 0 spiro atoms. The van der Waals surface area contributed by atoms with E-state index < -0.39 is 241 Å². The van der Waals surface area contributed by atoms with E-state index in [0.717, 1.165) is 0 Å². The standard InChI is InChI=1S/C44H70N20O21S4/c45-1-25(65)46-2-26(66)47-6-30(70)54-13-37(77)61-21(17-86)41(81)58-10-34(74)51-3-27(67)48-7-31(71)55-14-38(78)62-22(18-87)42(82)59-11-35(75)52-4-28(68)49-8-32(72)56-15-39(79)63-23(19-88)43(83)60-12-36(76)53-5-29(69)50-9-33(73)57-16-40(80)64-24(20-89)44(84)85/h21-24,86-89H,1-20,45H2,(H,46,65)(H,47,66)(H,48,67)(H,49,68)(H,50,69)(H,51,74)(H,52,75)(H,53,76)(H,54,70)(H,55,71)(H,56,72)(H,57,73)(H,58,81)(H,59,82)(H,60,83)(H,61,77)(H,62,78)(H,63,79)(H,64,80)(H,84,85)/t21-,22-,23-,24-/m0/s1. The molecule has 0 aromatic carbocycles. The maximum absolute atomic E-state index is 12.6. The Labute approximate surface area is 526 Å². The minimum Gasteiger partial charge on any atom is -0.480 e. The summed E-state index contributed by atoms with van der Waals surface area (Å²) in [7, 11) is 0. The van der Waals surface area contributed by atoms with Crippen LogP contribution in [0.15, 0.2) is 0 Å². The lowest BCUT2D eigenvalue weighted by atomic mass is 10.3. The van der Waals surface area contributed by atoms with Crippen LogP contribution < -0.4 is 107 Å². The van der Waals surface area contributed by atoms with Crippen LogP contribution in [-0.4, -0.2) is 275 Å². The largest absolute Gasteiger partial charge is 0.480 e. The van der Waals surface area contributed by atoms with Gasteiger partial charge >= 0.3 is 5.97 Å². The van der Waals surface area contributed by atoms with Gasteiger partial charge in [0.05, 0.1) is 105 Å². The average molecular weight is 1340 g/mol. The zero-order valence-electron chi connectivity index (χ0n) is 46.9. The Morgan fingerprint density at radius 1 is 0.236 bits per heavy atom. The first-order valence-corrected chi connectivity index (χ1v) is 28.2. The quantitative estimate of drug-likeness (QED) is 0.0252. The van der Waals surface area contributed by atoms with Crippen LogP contribution in [0.3, 0.4) is 0 Å². The van der Waals surface area contributed by atoms with Crippen molar-refractivity contribution in [3.8, 4) is 0 Å². The number of nitrogens with two attached hydrogens (primary N) is 1. The summed E-state index contributed by atoms with van der Waals surface area (Å²) in [6, 6.07) is -5.20. The van der Waals surface area contributed by atoms with Gasteiger partial charge in [0.15, 0.2) is 0 Å². The molecular weight excluding hydrogens is 1270 g/mol. The van der Waals surface area contributed by atoms with Crippen molar-refractivity contribution in [1.29, 1.82) is 0 Å². The summed E-state index contributed by atoms with van der Waals surface area (Å²) in [5, 5.41) is 50.4. The molecule has 0 aliphatic heterocycles. The van der Waals surface area contributed by atoms with E-state index in [9.17, 15) is 95.9 Å². The van der Waals surface area contributed by atoms with E-state index in [1.54, 1.807) is 0 Å². The summed E-state index contributed by atoms with van der Waals surface area (Å²) in [5.74, 6) is -18.3. The zero-order chi connectivity index (χ0) is 67.4. The highest BCUT2D eigenvalue weighted by atomic mass is 32.1. The molecule has 89 heavy (non-hydrogen) atoms. The molecule has 45 heteroatoms. The predicted molar refractivity (Wildman–Crippen MR) is 315 cm³/mol. The molecule has 0 aliphatic carbocycles. The molecule has 0 aliphatic rings. The third-order valence-corrected chi connectivity index (χ3v) is 11.6. The Morgan fingerprint density at radius 2 is 0.382 bits per heavy atom. The van der Waals surface area contributed by atoms with Crippen LogP contribution in [0.4, 0.5) is 0 Å². The number of carbonyl (C=O) groups is 20. The molecule has 22 N–H and O–H groups in total. The zero-order valence-corrected chi connectivity index (χ0v) is 50.5. The van der Waals surface area contributed by atoms with Crippen molar-refractivity contribution < 1.29 is 101 Å². The Morgan fingerprint density at radius 3 is 0.539 bits per heavy atom. The van der Waals surface area contributed by atoms with Gasteiger partial charge in [0.1, 0.15) is 24.2 Å². The van der Waals surface area contributed by atoms with E-state index in [0.29, 0.717) is 0 Å². The fourth-order valence-electron chi connectivity index (χ4n) is 5.53. The monoisotopic (exact) mass is 1340 g/mol. The normalized spacial score (nSPS) is 11.5. The summed E-state index contributed by atoms with van der Waals surface area (Å²) in [6.45, 7) is -9.88. The van der Waals surface area contributed by atoms with Crippen LogP contribution in [0.2, 0.25) is 0 Å². The highest BCUT2D eigenvalue weighted by Gasteiger charge is 2.25. The molecule has 41 nitrogen and oxygen atoms in total. The number of aliphatic carboxylic acids is 1. The Balaban J connectivity index is 4.43. The molecular formula is C44H70N20O21S4. The van der Waals surface area contributed by atoms with Gasteiger partial charge in [0.2, 0.25) is 112 Å². The van der Waals surface area contributed by atoms with Crippen molar-refractivity contribution in [2.75, 3.05) is 128 Å². The number of hydrogen-bond acceptors (Lipinski definition) is 25. The summed E-state index contributed by atoms with van der Waals surface area (Å²) in [6.07, 6.45) is 0. The summed E-state index contributed by atoms with van der Waals surface area (Å²) < 4.78 is 0. The minimum absolute atomic E-state index is 0.203. The smallest absolute Gasteiger partial charge is 0.327 e. The highest BCUT2D eigenvalue weighted by molar-refractivity contribution is 7.80. The number of nitrogens with one attached hydrogen (secondary N) is 19. The number of amides is 19. The van der Waals surface area contributed by atoms with E-state index in [4.69, 9.17) is 10.8 Å².